The predicted molar refractivity (Wildman–Crippen MR) is 136 cm³/mol. The molecule has 0 spiro atoms. The van der Waals surface area contributed by atoms with Crippen molar-refractivity contribution in [3.8, 4) is 5.75 Å². The highest BCUT2D eigenvalue weighted by Crippen LogP contribution is 2.21. The van der Waals surface area contributed by atoms with E-state index in [1.54, 1.807) is 0 Å². The van der Waals surface area contributed by atoms with Crippen LogP contribution in [0.1, 0.15) is 32.3 Å². The van der Waals surface area contributed by atoms with E-state index in [2.05, 4.69) is 46.1 Å². The molecule has 2 atom stereocenters. The van der Waals surface area contributed by atoms with Crippen molar-refractivity contribution in [2.75, 3.05) is 59.6 Å². The van der Waals surface area contributed by atoms with Crippen molar-refractivity contribution in [1.29, 1.82) is 0 Å². The minimum absolute atomic E-state index is 0. The maximum absolute atomic E-state index is 5.96. The van der Waals surface area contributed by atoms with Gasteiger partial charge in [-0.1, -0.05) is 26.0 Å². The van der Waals surface area contributed by atoms with Gasteiger partial charge in [0.05, 0.1) is 12.7 Å². The molecule has 0 amide bonds. The van der Waals surface area contributed by atoms with Crippen LogP contribution < -0.4 is 10.1 Å². The molecule has 2 fully saturated rings. The first-order chi connectivity index (χ1) is 14.7. The summed E-state index contributed by atoms with van der Waals surface area (Å²) in [6, 6.07) is 8.32. The maximum Gasteiger partial charge on any atom is 0.194 e. The maximum atomic E-state index is 5.96. The highest BCUT2D eigenvalue weighted by molar-refractivity contribution is 14.0. The van der Waals surface area contributed by atoms with Crippen molar-refractivity contribution in [2.45, 2.75) is 45.4 Å². The summed E-state index contributed by atoms with van der Waals surface area (Å²) in [5.74, 6) is 1.84. The first-order valence-electron chi connectivity index (χ1n) is 11.4. The van der Waals surface area contributed by atoms with Crippen LogP contribution in [0.25, 0.3) is 0 Å². The number of halogens is 1. The lowest BCUT2D eigenvalue weighted by molar-refractivity contribution is -0.0817. The second-order valence-corrected chi connectivity index (χ2v) is 7.83. The number of ether oxygens (including phenoxy) is 3. The Morgan fingerprint density at radius 2 is 1.90 bits per heavy atom. The van der Waals surface area contributed by atoms with E-state index in [4.69, 9.17) is 14.2 Å². The van der Waals surface area contributed by atoms with E-state index < -0.39 is 0 Å². The Kier molecular flexibility index (Phi) is 11.9. The van der Waals surface area contributed by atoms with Gasteiger partial charge in [0.15, 0.2) is 5.96 Å². The molecule has 2 saturated heterocycles. The number of morpholine rings is 1. The standard InChI is InChI=1S/C23H38N4O3.HI/c1-4-26(5-2)12-15-28-20-10-8-19(9-11-20)17-25-23(24-3)27-13-16-30-22(18-27)21-7-6-14-29-21;/h8-11,21-22H,4-7,12-18H2,1-3H3,(H,24,25);1H. The summed E-state index contributed by atoms with van der Waals surface area (Å²) in [5, 5.41) is 3.49. The van der Waals surface area contributed by atoms with Crippen molar-refractivity contribution >= 4 is 29.9 Å². The summed E-state index contributed by atoms with van der Waals surface area (Å²) in [5.41, 5.74) is 1.20. The third-order valence-corrected chi connectivity index (χ3v) is 5.93. The fourth-order valence-electron chi connectivity index (χ4n) is 4.04. The SMILES string of the molecule is CCN(CC)CCOc1ccc(CNC(=NC)N2CCOC(C3CCCO3)C2)cc1.I. The number of likely N-dealkylation sites (N-methyl/N-ethyl adjacent to an activating group) is 1. The second-order valence-electron chi connectivity index (χ2n) is 7.83. The van der Waals surface area contributed by atoms with Crippen molar-refractivity contribution < 1.29 is 14.2 Å². The molecule has 7 nitrogen and oxygen atoms in total. The van der Waals surface area contributed by atoms with E-state index in [1.165, 1.54) is 5.56 Å². The Morgan fingerprint density at radius 3 is 2.55 bits per heavy atom. The Bertz CT molecular complexity index is 649. The van der Waals surface area contributed by atoms with E-state index in [9.17, 15) is 0 Å². The molecule has 176 valence electrons. The van der Waals surface area contributed by atoms with Gasteiger partial charge in [-0.25, -0.2) is 0 Å². The van der Waals surface area contributed by atoms with Gasteiger partial charge in [0.2, 0.25) is 0 Å². The molecule has 3 rings (SSSR count). The van der Waals surface area contributed by atoms with Crippen LogP contribution in [-0.4, -0.2) is 87.6 Å². The van der Waals surface area contributed by atoms with E-state index >= 15 is 0 Å². The number of rotatable bonds is 9. The smallest absolute Gasteiger partial charge is 0.194 e. The van der Waals surface area contributed by atoms with Crippen molar-refractivity contribution in [3.63, 3.8) is 0 Å². The van der Waals surface area contributed by atoms with Crippen LogP contribution in [-0.2, 0) is 16.0 Å². The minimum Gasteiger partial charge on any atom is -0.492 e. The zero-order valence-corrected chi connectivity index (χ0v) is 21.5. The highest BCUT2D eigenvalue weighted by Gasteiger charge is 2.32. The second kappa shape index (κ2) is 14.1. The number of benzene rings is 1. The average Bonchev–Trinajstić information content (AvgIpc) is 3.33. The van der Waals surface area contributed by atoms with Crippen LogP contribution in [0.5, 0.6) is 5.75 Å². The van der Waals surface area contributed by atoms with Crippen LogP contribution in [0.4, 0.5) is 0 Å². The third-order valence-electron chi connectivity index (χ3n) is 5.93. The number of nitrogens with one attached hydrogen (secondary N) is 1. The molecule has 0 bridgehead atoms. The first kappa shape index (κ1) is 26.2. The Hall–Kier alpha value is -1.10. The number of guanidine groups is 1. The predicted octanol–water partition coefficient (Wildman–Crippen LogP) is 2.98. The summed E-state index contributed by atoms with van der Waals surface area (Å²) in [4.78, 5) is 9.12. The molecule has 2 heterocycles. The largest absolute Gasteiger partial charge is 0.492 e. The summed E-state index contributed by atoms with van der Waals surface area (Å²) in [7, 11) is 1.84. The summed E-state index contributed by atoms with van der Waals surface area (Å²) >= 11 is 0. The monoisotopic (exact) mass is 546 g/mol. The zero-order chi connectivity index (χ0) is 21.2. The van der Waals surface area contributed by atoms with E-state index in [-0.39, 0.29) is 36.2 Å². The summed E-state index contributed by atoms with van der Waals surface area (Å²) < 4.78 is 17.7. The fourth-order valence-corrected chi connectivity index (χ4v) is 4.04. The van der Waals surface area contributed by atoms with E-state index in [0.29, 0.717) is 6.61 Å². The molecule has 1 aromatic rings. The van der Waals surface area contributed by atoms with E-state index in [1.807, 2.05) is 19.2 Å². The van der Waals surface area contributed by atoms with Gasteiger partial charge in [0.25, 0.3) is 0 Å². The lowest BCUT2D eigenvalue weighted by Gasteiger charge is -2.37. The molecule has 0 radical (unpaired) electrons. The van der Waals surface area contributed by atoms with Crippen LogP contribution in [0.3, 0.4) is 0 Å². The number of aliphatic imine (C=N–C) groups is 1. The topological polar surface area (TPSA) is 58.6 Å². The van der Waals surface area contributed by atoms with Gasteiger partial charge < -0.3 is 29.3 Å². The number of nitrogens with zero attached hydrogens (tertiary/aromatic N) is 3. The molecule has 2 aliphatic heterocycles. The average molecular weight is 546 g/mol. The number of hydrogen-bond acceptors (Lipinski definition) is 5. The van der Waals surface area contributed by atoms with E-state index in [0.717, 1.165) is 77.0 Å². The quantitative estimate of drug-likeness (QED) is 0.292. The van der Waals surface area contributed by atoms with Gasteiger partial charge in [-0.05, 0) is 43.6 Å². The van der Waals surface area contributed by atoms with Crippen LogP contribution in [0.2, 0.25) is 0 Å². The molecule has 0 aromatic heterocycles. The van der Waals surface area contributed by atoms with Gasteiger partial charge in [0, 0.05) is 39.8 Å². The van der Waals surface area contributed by atoms with Crippen molar-refractivity contribution in [1.82, 2.24) is 15.1 Å². The van der Waals surface area contributed by atoms with Crippen molar-refractivity contribution in [2.24, 2.45) is 4.99 Å². The van der Waals surface area contributed by atoms with Crippen molar-refractivity contribution in [3.05, 3.63) is 29.8 Å². The van der Waals surface area contributed by atoms with Gasteiger partial charge in [0.1, 0.15) is 18.5 Å². The molecule has 2 aliphatic rings. The molecule has 1 aromatic carbocycles. The van der Waals surface area contributed by atoms with Crippen LogP contribution in [0, 0.1) is 0 Å². The molecule has 0 saturated carbocycles. The summed E-state index contributed by atoms with van der Waals surface area (Å²) in [6.07, 6.45) is 2.58. The van der Waals surface area contributed by atoms with Crippen LogP contribution in [0.15, 0.2) is 29.3 Å². The molecule has 8 heteroatoms. The Labute approximate surface area is 204 Å². The molecular formula is C23H39IN4O3. The molecule has 1 N–H and O–H groups in total. The molecular weight excluding hydrogens is 507 g/mol. The van der Waals surface area contributed by atoms with Gasteiger partial charge in [-0.3, -0.25) is 4.99 Å². The van der Waals surface area contributed by atoms with Gasteiger partial charge in [-0.2, -0.15) is 0 Å². The highest BCUT2D eigenvalue weighted by atomic mass is 127. The number of hydrogen-bond donors (Lipinski definition) is 1. The minimum atomic E-state index is 0. The molecule has 2 unspecified atom stereocenters. The Morgan fingerprint density at radius 1 is 1.16 bits per heavy atom. The Balaban J connectivity index is 0.00000341. The summed E-state index contributed by atoms with van der Waals surface area (Å²) in [6.45, 7) is 12.1. The zero-order valence-electron chi connectivity index (χ0n) is 19.2. The fraction of sp³-hybridized carbons (Fsp3) is 0.696. The molecule has 0 aliphatic carbocycles. The van der Waals surface area contributed by atoms with Crippen LogP contribution >= 0.6 is 24.0 Å². The first-order valence-corrected chi connectivity index (χ1v) is 11.4. The van der Waals surface area contributed by atoms with Gasteiger partial charge in [-0.15, -0.1) is 24.0 Å². The third kappa shape index (κ3) is 8.07. The van der Waals surface area contributed by atoms with Gasteiger partial charge >= 0.3 is 0 Å². The lowest BCUT2D eigenvalue weighted by Crippen LogP contribution is -2.53. The normalized spacial score (nSPS) is 21.8. The molecule has 31 heavy (non-hydrogen) atoms. The lowest BCUT2D eigenvalue weighted by atomic mass is 10.1.